The molecule has 6 heteroatoms. The van der Waals surface area contributed by atoms with E-state index in [4.69, 9.17) is 27.9 Å². The van der Waals surface area contributed by atoms with Gasteiger partial charge in [0.05, 0.1) is 35.8 Å². The van der Waals surface area contributed by atoms with Crippen LogP contribution in [0.2, 0.25) is 10.0 Å². The smallest absolute Gasteiger partial charge is 0.142 e. The van der Waals surface area contributed by atoms with Crippen molar-refractivity contribution in [1.29, 1.82) is 0 Å². The van der Waals surface area contributed by atoms with Gasteiger partial charge in [-0.15, -0.1) is 0 Å². The van der Waals surface area contributed by atoms with Crippen LogP contribution in [0.5, 0.6) is 5.75 Å². The summed E-state index contributed by atoms with van der Waals surface area (Å²) in [6.45, 7) is 2.43. The Labute approximate surface area is 122 Å². The molecule has 102 valence electrons. The highest BCUT2D eigenvalue weighted by molar-refractivity contribution is 6.32. The monoisotopic (exact) mass is 299 g/mol. The van der Waals surface area contributed by atoms with Crippen LogP contribution in [0.1, 0.15) is 11.4 Å². The van der Waals surface area contributed by atoms with Crippen LogP contribution in [0.15, 0.2) is 18.2 Å². The van der Waals surface area contributed by atoms with E-state index in [0.717, 1.165) is 22.8 Å². The predicted octanol–water partition coefficient (Wildman–Crippen LogP) is 3.66. The fraction of sp³-hybridized carbons (Fsp3) is 0.308. The standard InChI is InChI=1S/C13H15Cl2N3O/c1-8-13(15)11(18(2)17-8)7-16-10-6-9(14)4-5-12(10)19-3/h4-6,16H,7H2,1-3H3. The van der Waals surface area contributed by atoms with Crippen LogP contribution >= 0.6 is 23.2 Å². The fourth-order valence-corrected chi connectivity index (χ4v) is 2.27. The first-order valence-electron chi connectivity index (χ1n) is 5.78. The van der Waals surface area contributed by atoms with Gasteiger partial charge in [-0.25, -0.2) is 0 Å². The number of hydrogen-bond donors (Lipinski definition) is 1. The lowest BCUT2D eigenvalue weighted by Gasteiger charge is -2.12. The van der Waals surface area contributed by atoms with Crippen molar-refractivity contribution in [3.8, 4) is 5.75 Å². The van der Waals surface area contributed by atoms with Crippen molar-refractivity contribution in [2.24, 2.45) is 7.05 Å². The van der Waals surface area contributed by atoms with E-state index in [2.05, 4.69) is 10.4 Å². The Hall–Kier alpha value is -1.39. The second kappa shape index (κ2) is 5.72. The third kappa shape index (κ3) is 2.96. The number of ether oxygens (including phenoxy) is 1. The molecule has 0 bridgehead atoms. The Morgan fingerprint density at radius 2 is 2.11 bits per heavy atom. The largest absolute Gasteiger partial charge is 0.495 e. The van der Waals surface area contributed by atoms with Gasteiger partial charge >= 0.3 is 0 Å². The number of benzene rings is 1. The summed E-state index contributed by atoms with van der Waals surface area (Å²) < 4.78 is 7.04. The summed E-state index contributed by atoms with van der Waals surface area (Å²) in [7, 11) is 3.49. The summed E-state index contributed by atoms with van der Waals surface area (Å²) in [6, 6.07) is 5.42. The fourth-order valence-electron chi connectivity index (χ4n) is 1.87. The third-order valence-electron chi connectivity index (χ3n) is 2.87. The molecule has 0 aliphatic rings. The van der Waals surface area contributed by atoms with Crippen LogP contribution in [0.4, 0.5) is 5.69 Å². The number of methoxy groups -OCH3 is 1. The van der Waals surface area contributed by atoms with Gasteiger partial charge in [0.1, 0.15) is 5.75 Å². The minimum Gasteiger partial charge on any atom is -0.495 e. The molecule has 2 rings (SSSR count). The maximum absolute atomic E-state index is 6.20. The van der Waals surface area contributed by atoms with Gasteiger partial charge in [0.25, 0.3) is 0 Å². The molecule has 2 aromatic rings. The van der Waals surface area contributed by atoms with E-state index >= 15 is 0 Å². The van der Waals surface area contributed by atoms with E-state index in [0.29, 0.717) is 16.6 Å². The van der Waals surface area contributed by atoms with Gasteiger partial charge in [-0.05, 0) is 25.1 Å². The summed E-state index contributed by atoms with van der Waals surface area (Å²) in [5, 5.41) is 8.86. The molecule has 1 aromatic heterocycles. The molecule has 4 nitrogen and oxygen atoms in total. The maximum Gasteiger partial charge on any atom is 0.142 e. The van der Waals surface area contributed by atoms with E-state index in [1.54, 1.807) is 17.9 Å². The lowest BCUT2D eigenvalue weighted by atomic mass is 10.2. The van der Waals surface area contributed by atoms with Gasteiger partial charge in [0.15, 0.2) is 0 Å². The summed E-state index contributed by atoms with van der Waals surface area (Å²) in [4.78, 5) is 0. The first-order chi connectivity index (χ1) is 9.02. The second-order valence-corrected chi connectivity index (χ2v) is 4.98. The molecule has 19 heavy (non-hydrogen) atoms. The lowest BCUT2D eigenvalue weighted by Crippen LogP contribution is -2.06. The molecule has 0 amide bonds. The molecule has 1 N–H and O–H groups in total. The topological polar surface area (TPSA) is 39.1 Å². The summed E-state index contributed by atoms with van der Waals surface area (Å²) in [6.07, 6.45) is 0. The van der Waals surface area contributed by atoms with E-state index < -0.39 is 0 Å². The molecule has 0 atom stereocenters. The average molecular weight is 300 g/mol. The van der Waals surface area contributed by atoms with Crippen LogP contribution < -0.4 is 10.1 Å². The Morgan fingerprint density at radius 1 is 1.37 bits per heavy atom. The molecule has 0 saturated carbocycles. The first kappa shape index (κ1) is 14.0. The van der Waals surface area contributed by atoms with Crippen molar-refractivity contribution >= 4 is 28.9 Å². The number of halogens is 2. The molecule has 0 aliphatic heterocycles. The number of rotatable bonds is 4. The summed E-state index contributed by atoms with van der Waals surface area (Å²) in [5.74, 6) is 0.736. The molecule has 0 fully saturated rings. The highest BCUT2D eigenvalue weighted by Gasteiger charge is 2.11. The SMILES string of the molecule is COc1ccc(Cl)cc1NCc1c(Cl)c(C)nn1C. The van der Waals surface area contributed by atoms with Crippen LogP contribution in [-0.2, 0) is 13.6 Å². The van der Waals surface area contributed by atoms with E-state index in [1.165, 1.54) is 0 Å². The van der Waals surface area contributed by atoms with Gasteiger partial charge in [-0.2, -0.15) is 5.10 Å². The third-order valence-corrected chi connectivity index (χ3v) is 3.60. The molecular weight excluding hydrogens is 285 g/mol. The zero-order valence-electron chi connectivity index (χ0n) is 11.0. The highest BCUT2D eigenvalue weighted by atomic mass is 35.5. The van der Waals surface area contributed by atoms with Crippen molar-refractivity contribution < 1.29 is 4.74 Å². The summed E-state index contributed by atoms with van der Waals surface area (Å²) in [5.41, 5.74) is 2.56. The van der Waals surface area contributed by atoms with Gasteiger partial charge in [0.2, 0.25) is 0 Å². The Bertz CT molecular complexity index is 596. The molecule has 0 radical (unpaired) electrons. The van der Waals surface area contributed by atoms with Crippen LogP contribution in [0, 0.1) is 6.92 Å². The number of anilines is 1. The molecule has 0 saturated heterocycles. The molecule has 0 spiro atoms. The Balaban J connectivity index is 2.21. The molecule has 0 aliphatic carbocycles. The van der Waals surface area contributed by atoms with Crippen molar-refractivity contribution in [2.45, 2.75) is 13.5 Å². The van der Waals surface area contributed by atoms with E-state index in [1.807, 2.05) is 26.1 Å². The van der Waals surface area contributed by atoms with Crippen LogP contribution in [0.3, 0.4) is 0 Å². The number of nitrogens with zero attached hydrogens (tertiary/aromatic N) is 2. The summed E-state index contributed by atoms with van der Waals surface area (Å²) >= 11 is 12.2. The highest BCUT2D eigenvalue weighted by Crippen LogP contribution is 2.29. The van der Waals surface area contributed by atoms with E-state index in [-0.39, 0.29) is 0 Å². The van der Waals surface area contributed by atoms with Crippen molar-refractivity contribution in [2.75, 3.05) is 12.4 Å². The van der Waals surface area contributed by atoms with Gasteiger partial charge in [0, 0.05) is 12.1 Å². The van der Waals surface area contributed by atoms with Gasteiger partial charge < -0.3 is 10.1 Å². The quantitative estimate of drug-likeness (QED) is 0.936. The first-order valence-corrected chi connectivity index (χ1v) is 6.54. The van der Waals surface area contributed by atoms with Crippen molar-refractivity contribution in [1.82, 2.24) is 9.78 Å². The zero-order chi connectivity index (χ0) is 14.0. The number of hydrogen-bond acceptors (Lipinski definition) is 3. The predicted molar refractivity (Wildman–Crippen MR) is 78.3 cm³/mol. The van der Waals surface area contributed by atoms with Crippen molar-refractivity contribution in [3.63, 3.8) is 0 Å². The zero-order valence-corrected chi connectivity index (χ0v) is 12.5. The van der Waals surface area contributed by atoms with Crippen molar-refractivity contribution in [3.05, 3.63) is 39.6 Å². The Morgan fingerprint density at radius 3 is 2.68 bits per heavy atom. The van der Waals surface area contributed by atoms with Gasteiger partial charge in [-0.3, -0.25) is 4.68 Å². The maximum atomic E-state index is 6.20. The van der Waals surface area contributed by atoms with E-state index in [9.17, 15) is 0 Å². The molecule has 0 unspecified atom stereocenters. The van der Waals surface area contributed by atoms with Crippen LogP contribution in [-0.4, -0.2) is 16.9 Å². The number of aryl methyl sites for hydroxylation is 2. The molecule has 1 heterocycles. The molecule has 1 aromatic carbocycles. The number of aromatic nitrogens is 2. The minimum atomic E-state index is 0.548. The van der Waals surface area contributed by atoms with Crippen LogP contribution in [0.25, 0.3) is 0 Å². The second-order valence-electron chi connectivity index (χ2n) is 4.17. The lowest BCUT2D eigenvalue weighted by molar-refractivity contribution is 0.416. The normalized spacial score (nSPS) is 10.6. The number of nitrogens with one attached hydrogen (secondary N) is 1. The average Bonchev–Trinajstić information content (AvgIpc) is 2.61. The molecular formula is C13H15Cl2N3O. The Kier molecular flexibility index (Phi) is 4.22. The van der Waals surface area contributed by atoms with Gasteiger partial charge in [-0.1, -0.05) is 23.2 Å². The minimum absolute atomic E-state index is 0.548.